The van der Waals surface area contributed by atoms with E-state index in [0.29, 0.717) is 13.1 Å². The first-order valence-corrected chi connectivity index (χ1v) is 10.8. The van der Waals surface area contributed by atoms with Gasteiger partial charge in [0, 0.05) is 12.2 Å². The second kappa shape index (κ2) is 7.85. The molecule has 0 aromatic heterocycles. The molecule has 3 aliphatic rings. The van der Waals surface area contributed by atoms with E-state index in [9.17, 15) is 9.59 Å². The lowest BCUT2D eigenvalue weighted by molar-refractivity contribution is -0.131. The molecule has 160 valence electrons. The molecule has 0 saturated carbocycles. The minimum Gasteiger partial charge on any atom is -0.497 e. The Bertz CT molecular complexity index is 1000. The number of hydrogen-bond acceptors (Lipinski definition) is 4. The molecule has 5 rings (SSSR count). The summed E-state index contributed by atoms with van der Waals surface area (Å²) in [6.45, 7) is 1.00. The fraction of sp³-hybridized carbons (Fsp3) is 0.360. The molecule has 2 amide bonds. The van der Waals surface area contributed by atoms with Gasteiger partial charge < -0.3 is 19.7 Å². The number of rotatable bonds is 7. The number of aryl methyl sites for hydroxylation is 1. The number of carbonyl (C=O) groups is 2. The maximum atomic E-state index is 13.4. The van der Waals surface area contributed by atoms with E-state index in [1.54, 1.807) is 12.0 Å². The van der Waals surface area contributed by atoms with Crippen LogP contribution in [0.15, 0.2) is 66.7 Å². The standard InChI is InChI=1S/C25H26N2O4/c1-30-19-11-9-18(10-12-19)27-16-25-14-13-20(31-25)21(22(25)24(27)29)23(28)26-15-5-8-17-6-3-2-4-7-17/h2-4,6-7,9-14,20-22H,5,8,15-16H2,1H3,(H,26,28). The summed E-state index contributed by atoms with van der Waals surface area (Å²) in [5.41, 5.74) is 1.33. The van der Waals surface area contributed by atoms with Crippen LogP contribution in [0.4, 0.5) is 5.69 Å². The number of methoxy groups -OCH3 is 1. The molecule has 3 aliphatic heterocycles. The molecule has 31 heavy (non-hydrogen) atoms. The minimum atomic E-state index is -0.715. The lowest BCUT2D eigenvalue weighted by Gasteiger charge is -2.23. The maximum Gasteiger partial charge on any atom is 0.234 e. The highest BCUT2D eigenvalue weighted by atomic mass is 16.5. The van der Waals surface area contributed by atoms with E-state index in [4.69, 9.17) is 9.47 Å². The summed E-state index contributed by atoms with van der Waals surface area (Å²) in [6, 6.07) is 17.6. The van der Waals surface area contributed by atoms with E-state index >= 15 is 0 Å². The zero-order valence-electron chi connectivity index (χ0n) is 17.5. The molecule has 2 aromatic rings. The molecule has 2 aromatic carbocycles. The first-order chi connectivity index (χ1) is 15.1. The maximum absolute atomic E-state index is 13.4. The summed E-state index contributed by atoms with van der Waals surface area (Å²) in [4.78, 5) is 28.1. The van der Waals surface area contributed by atoms with Gasteiger partial charge >= 0.3 is 0 Å². The molecule has 0 aliphatic carbocycles. The molecule has 2 saturated heterocycles. The lowest BCUT2D eigenvalue weighted by atomic mass is 9.77. The molecule has 1 spiro atoms. The largest absolute Gasteiger partial charge is 0.497 e. The van der Waals surface area contributed by atoms with E-state index < -0.39 is 17.4 Å². The van der Waals surface area contributed by atoms with E-state index in [1.165, 1.54) is 5.56 Å². The van der Waals surface area contributed by atoms with Crippen LogP contribution < -0.4 is 15.0 Å². The quantitative estimate of drug-likeness (QED) is 0.555. The summed E-state index contributed by atoms with van der Waals surface area (Å²) in [5, 5.41) is 3.04. The predicted octanol–water partition coefficient (Wildman–Crippen LogP) is 2.73. The average Bonchev–Trinajstić information content (AvgIpc) is 3.45. The third kappa shape index (κ3) is 3.41. The Hall–Kier alpha value is -3.12. The van der Waals surface area contributed by atoms with Gasteiger partial charge in [0.25, 0.3) is 0 Å². The molecular formula is C25H26N2O4. The van der Waals surface area contributed by atoms with Gasteiger partial charge in [0.1, 0.15) is 11.4 Å². The van der Waals surface area contributed by atoms with Crippen LogP contribution in [0, 0.1) is 11.8 Å². The summed E-state index contributed by atoms with van der Waals surface area (Å²) in [6.07, 6.45) is 5.34. The normalized spacial score (nSPS) is 28.1. The molecule has 4 unspecified atom stereocenters. The number of benzene rings is 2. The molecule has 2 fully saturated rings. The summed E-state index contributed by atoms with van der Waals surface area (Å²) < 4.78 is 11.4. The van der Waals surface area contributed by atoms with Crippen LogP contribution in [0.3, 0.4) is 0 Å². The van der Waals surface area contributed by atoms with Crippen LogP contribution in [0.2, 0.25) is 0 Å². The van der Waals surface area contributed by atoms with E-state index in [1.807, 2.05) is 54.6 Å². The smallest absolute Gasteiger partial charge is 0.234 e. The third-order valence-electron chi connectivity index (χ3n) is 6.57. The van der Waals surface area contributed by atoms with Crippen molar-refractivity contribution in [2.45, 2.75) is 24.5 Å². The van der Waals surface area contributed by atoms with Gasteiger partial charge in [-0.05, 0) is 42.7 Å². The van der Waals surface area contributed by atoms with Crippen molar-refractivity contribution in [3.63, 3.8) is 0 Å². The van der Waals surface area contributed by atoms with Crippen molar-refractivity contribution in [1.29, 1.82) is 0 Å². The van der Waals surface area contributed by atoms with E-state index in [2.05, 4.69) is 17.4 Å². The Morgan fingerprint density at radius 2 is 1.97 bits per heavy atom. The molecule has 4 atom stereocenters. The highest BCUT2D eigenvalue weighted by molar-refractivity contribution is 6.03. The van der Waals surface area contributed by atoms with E-state index in [0.717, 1.165) is 24.3 Å². The van der Waals surface area contributed by atoms with Crippen LogP contribution in [0.25, 0.3) is 0 Å². The van der Waals surface area contributed by atoms with Crippen molar-refractivity contribution >= 4 is 17.5 Å². The van der Waals surface area contributed by atoms with Gasteiger partial charge in [0.05, 0.1) is 31.6 Å². The van der Waals surface area contributed by atoms with Crippen molar-refractivity contribution in [3.05, 3.63) is 72.3 Å². The number of amides is 2. The second-order valence-electron chi connectivity index (χ2n) is 8.40. The summed E-state index contributed by atoms with van der Waals surface area (Å²) in [7, 11) is 1.61. The number of anilines is 1. The first-order valence-electron chi connectivity index (χ1n) is 10.8. The van der Waals surface area contributed by atoms with E-state index in [-0.39, 0.29) is 17.9 Å². The highest BCUT2D eigenvalue weighted by Crippen LogP contribution is 2.52. The third-order valence-corrected chi connectivity index (χ3v) is 6.57. The fourth-order valence-corrected chi connectivity index (χ4v) is 5.05. The number of carbonyl (C=O) groups excluding carboxylic acids is 2. The number of ether oxygens (including phenoxy) is 2. The molecule has 3 heterocycles. The molecule has 6 nitrogen and oxygen atoms in total. The molecule has 2 bridgehead atoms. The Kier molecular flexibility index (Phi) is 5.02. The van der Waals surface area contributed by atoms with Crippen molar-refractivity contribution in [2.75, 3.05) is 25.1 Å². The number of fused-ring (bicyclic) bond motifs is 1. The van der Waals surface area contributed by atoms with Gasteiger partial charge in [-0.3, -0.25) is 9.59 Å². The minimum absolute atomic E-state index is 0.0542. The zero-order valence-corrected chi connectivity index (χ0v) is 17.5. The second-order valence-corrected chi connectivity index (χ2v) is 8.40. The van der Waals surface area contributed by atoms with Crippen molar-refractivity contribution in [2.24, 2.45) is 11.8 Å². The van der Waals surface area contributed by atoms with Crippen molar-refractivity contribution in [3.8, 4) is 5.75 Å². The van der Waals surface area contributed by atoms with Crippen LogP contribution >= 0.6 is 0 Å². The fourth-order valence-electron chi connectivity index (χ4n) is 5.05. The van der Waals surface area contributed by atoms with Crippen LogP contribution in [-0.2, 0) is 20.7 Å². The molecular weight excluding hydrogens is 392 g/mol. The van der Waals surface area contributed by atoms with Crippen LogP contribution in [0.5, 0.6) is 5.75 Å². The molecule has 6 heteroatoms. The van der Waals surface area contributed by atoms with Gasteiger partial charge in [0.2, 0.25) is 11.8 Å². The molecule has 1 N–H and O–H groups in total. The Morgan fingerprint density at radius 1 is 1.19 bits per heavy atom. The average molecular weight is 418 g/mol. The Balaban J connectivity index is 1.26. The number of nitrogens with zero attached hydrogens (tertiary/aromatic N) is 1. The summed E-state index contributed by atoms with van der Waals surface area (Å²) >= 11 is 0. The first kappa shape index (κ1) is 19.8. The Labute approximate surface area is 181 Å². The number of nitrogens with one attached hydrogen (secondary N) is 1. The van der Waals surface area contributed by atoms with Crippen LogP contribution in [-0.4, -0.2) is 43.7 Å². The predicted molar refractivity (Wildman–Crippen MR) is 117 cm³/mol. The van der Waals surface area contributed by atoms with Crippen molar-refractivity contribution < 1.29 is 19.1 Å². The van der Waals surface area contributed by atoms with Gasteiger partial charge in [-0.25, -0.2) is 0 Å². The topological polar surface area (TPSA) is 67.9 Å². The monoisotopic (exact) mass is 418 g/mol. The van der Waals surface area contributed by atoms with Gasteiger partial charge in [-0.15, -0.1) is 0 Å². The number of hydrogen-bond donors (Lipinski definition) is 1. The molecule has 0 radical (unpaired) electrons. The zero-order chi connectivity index (χ0) is 21.4. The van der Waals surface area contributed by atoms with Gasteiger partial charge in [-0.2, -0.15) is 0 Å². The van der Waals surface area contributed by atoms with Gasteiger partial charge in [-0.1, -0.05) is 42.5 Å². The highest BCUT2D eigenvalue weighted by Gasteiger charge is 2.67. The van der Waals surface area contributed by atoms with Gasteiger partial charge in [0.15, 0.2) is 0 Å². The Morgan fingerprint density at radius 3 is 2.71 bits per heavy atom. The van der Waals surface area contributed by atoms with Crippen molar-refractivity contribution in [1.82, 2.24) is 5.32 Å². The lowest BCUT2D eigenvalue weighted by Crippen LogP contribution is -2.44. The summed E-state index contributed by atoms with van der Waals surface area (Å²) in [5.74, 6) is -0.393. The van der Waals surface area contributed by atoms with Crippen LogP contribution in [0.1, 0.15) is 12.0 Å². The SMILES string of the molecule is COc1ccc(N2CC34C=CC(O3)C(C(=O)NCCCc3ccccc3)C4C2=O)cc1.